The van der Waals surface area contributed by atoms with Gasteiger partial charge in [0.15, 0.2) is 0 Å². The Morgan fingerprint density at radius 2 is 2.17 bits per heavy atom. The van der Waals surface area contributed by atoms with E-state index in [0.717, 1.165) is 23.0 Å². The van der Waals surface area contributed by atoms with Crippen LogP contribution in [0.15, 0.2) is 30.5 Å². The lowest BCUT2D eigenvalue weighted by Crippen LogP contribution is -2.34. The Kier molecular flexibility index (Phi) is 4.37. The van der Waals surface area contributed by atoms with Crippen LogP contribution in [0, 0.1) is 5.92 Å². The van der Waals surface area contributed by atoms with Crippen LogP contribution in [0.25, 0.3) is 10.9 Å². The highest BCUT2D eigenvalue weighted by molar-refractivity contribution is 5.88. The molecule has 2 aromatic rings. The molecule has 1 fully saturated rings. The van der Waals surface area contributed by atoms with Crippen LogP contribution >= 0.6 is 0 Å². The summed E-state index contributed by atoms with van der Waals surface area (Å²) in [5, 5.41) is 4.06. The van der Waals surface area contributed by atoms with Crippen LogP contribution in [-0.4, -0.2) is 40.8 Å². The number of hydrogen-bond acceptors (Lipinski definition) is 2. The number of aromatic amines is 1. The smallest absolute Gasteiger partial charge is 0.224 e. The fourth-order valence-electron chi connectivity index (χ4n) is 3.22. The largest absolute Gasteiger partial charge is 0.361 e. The monoisotopic (exact) mass is 313 g/mol. The molecule has 1 aromatic carbocycles. The molecule has 23 heavy (non-hydrogen) atoms. The minimum absolute atomic E-state index is 0.00481. The number of aromatic nitrogens is 1. The van der Waals surface area contributed by atoms with Crippen molar-refractivity contribution in [2.45, 2.75) is 32.7 Å². The highest BCUT2D eigenvalue weighted by Crippen LogP contribution is 2.20. The van der Waals surface area contributed by atoms with Gasteiger partial charge < -0.3 is 15.2 Å². The number of benzene rings is 1. The van der Waals surface area contributed by atoms with Crippen molar-refractivity contribution in [3.63, 3.8) is 0 Å². The van der Waals surface area contributed by atoms with Crippen LogP contribution in [0.1, 0.15) is 25.8 Å². The lowest BCUT2D eigenvalue weighted by Gasteiger charge is -2.21. The molecule has 0 aliphatic carbocycles. The number of H-pyrrole nitrogens is 1. The average Bonchev–Trinajstić information content (AvgIpc) is 3.09. The molecule has 1 saturated heterocycles. The van der Waals surface area contributed by atoms with Crippen LogP contribution in [0.2, 0.25) is 0 Å². The van der Waals surface area contributed by atoms with Gasteiger partial charge in [-0.05, 0) is 25.5 Å². The fraction of sp³-hybridized carbons (Fsp3) is 0.444. The summed E-state index contributed by atoms with van der Waals surface area (Å²) < 4.78 is 0. The molecule has 1 aliphatic heterocycles. The molecule has 5 nitrogen and oxygen atoms in total. The molecule has 0 spiro atoms. The highest BCUT2D eigenvalue weighted by atomic mass is 16.2. The van der Waals surface area contributed by atoms with E-state index in [1.54, 1.807) is 0 Å². The Balaban J connectivity index is 1.53. The van der Waals surface area contributed by atoms with E-state index in [0.29, 0.717) is 19.4 Å². The highest BCUT2D eigenvalue weighted by Gasteiger charge is 2.31. The molecule has 0 saturated carbocycles. The molecule has 0 bridgehead atoms. The van der Waals surface area contributed by atoms with Gasteiger partial charge in [0.25, 0.3) is 0 Å². The molecule has 3 rings (SSSR count). The first-order valence-electron chi connectivity index (χ1n) is 8.15. The van der Waals surface area contributed by atoms with Crippen LogP contribution in [0.5, 0.6) is 0 Å². The van der Waals surface area contributed by atoms with Gasteiger partial charge >= 0.3 is 0 Å². The van der Waals surface area contributed by atoms with Crippen LogP contribution in [0.4, 0.5) is 0 Å². The number of nitrogens with zero attached hydrogens (tertiary/aromatic N) is 1. The number of rotatable bonds is 5. The van der Waals surface area contributed by atoms with Crippen molar-refractivity contribution in [1.29, 1.82) is 0 Å². The molecular weight excluding hydrogens is 290 g/mol. The number of likely N-dealkylation sites (tertiary alicyclic amines) is 1. The summed E-state index contributed by atoms with van der Waals surface area (Å²) in [7, 11) is 0. The van der Waals surface area contributed by atoms with Crippen molar-refractivity contribution >= 4 is 22.7 Å². The van der Waals surface area contributed by atoms with E-state index in [1.165, 1.54) is 0 Å². The standard InChI is InChI=1S/C18H23N3O2/c1-12(2)21-11-13(7-18(21)23)9-20-17(22)8-14-10-19-16-6-4-3-5-15(14)16/h3-6,10,12-13,19H,7-9,11H2,1-2H3,(H,20,22). The molecule has 1 aliphatic rings. The molecular formula is C18H23N3O2. The number of fused-ring (bicyclic) bond motifs is 1. The van der Waals surface area contributed by atoms with Gasteiger partial charge in [-0.25, -0.2) is 0 Å². The van der Waals surface area contributed by atoms with Gasteiger partial charge in [0, 0.05) is 48.6 Å². The zero-order valence-electron chi connectivity index (χ0n) is 13.6. The summed E-state index contributed by atoms with van der Waals surface area (Å²) in [6, 6.07) is 8.20. The minimum atomic E-state index is 0.00481. The first kappa shape index (κ1) is 15.6. The molecule has 1 unspecified atom stereocenters. The molecule has 122 valence electrons. The number of amides is 2. The molecule has 2 heterocycles. The third kappa shape index (κ3) is 3.38. The predicted octanol–water partition coefficient (Wildman–Crippen LogP) is 2.08. The lowest BCUT2D eigenvalue weighted by molar-refractivity contribution is -0.129. The summed E-state index contributed by atoms with van der Waals surface area (Å²) >= 11 is 0. The van der Waals surface area contributed by atoms with E-state index in [4.69, 9.17) is 0 Å². The maximum absolute atomic E-state index is 12.2. The number of hydrogen-bond donors (Lipinski definition) is 2. The van der Waals surface area contributed by atoms with Crippen molar-refractivity contribution in [2.24, 2.45) is 5.92 Å². The maximum atomic E-state index is 12.2. The Hall–Kier alpha value is -2.30. The van der Waals surface area contributed by atoms with Crippen molar-refractivity contribution in [2.75, 3.05) is 13.1 Å². The number of para-hydroxylation sites is 1. The molecule has 2 amide bonds. The third-order valence-electron chi connectivity index (χ3n) is 4.48. The SMILES string of the molecule is CC(C)N1CC(CNC(=O)Cc2c[nH]c3ccccc23)CC1=O. The molecule has 2 N–H and O–H groups in total. The van der Waals surface area contributed by atoms with E-state index in [1.807, 2.05) is 49.2 Å². The van der Waals surface area contributed by atoms with Crippen LogP contribution in [0.3, 0.4) is 0 Å². The second-order valence-electron chi connectivity index (χ2n) is 6.55. The Bertz CT molecular complexity index is 720. The first-order valence-corrected chi connectivity index (χ1v) is 8.15. The third-order valence-corrected chi connectivity index (χ3v) is 4.48. The summed E-state index contributed by atoms with van der Waals surface area (Å²) in [5.74, 6) is 0.415. The maximum Gasteiger partial charge on any atom is 0.224 e. The molecule has 1 atom stereocenters. The summed E-state index contributed by atoms with van der Waals surface area (Å²) in [6.45, 7) is 5.35. The van der Waals surface area contributed by atoms with Crippen molar-refractivity contribution < 1.29 is 9.59 Å². The second kappa shape index (κ2) is 6.44. The zero-order valence-corrected chi connectivity index (χ0v) is 13.6. The summed E-state index contributed by atoms with van der Waals surface area (Å²) in [6.07, 6.45) is 2.79. The predicted molar refractivity (Wildman–Crippen MR) is 90.0 cm³/mol. The first-order chi connectivity index (χ1) is 11.0. The molecule has 5 heteroatoms. The topological polar surface area (TPSA) is 65.2 Å². The van der Waals surface area contributed by atoms with Crippen LogP contribution < -0.4 is 5.32 Å². The minimum Gasteiger partial charge on any atom is -0.361 e. The van der Waals surface area contributed by atoms with Crippen molar-refractivity contribution in [3.05, 3.63) is 36.0 Å². The number of carbonyl (C=O) groups is 2. The van der Waals surface area contributed by atoms with Gasteiger partial charge in [-0.1, -0.05) is 18.2 Å². The quantitative estimate of drug-likeness (QED) is 0.887. The Morgan fingerprint density at radius 1 is 1.39 bits per heavy atom. The number of nitrogens with one attached hydrogen (secondary N) is 2. The average molecular weight is 313 g/mol. The van der Waals surface area contributed by atoms with Crippen LogP contribution in [-0.2, 0) is 16.0 Å². The summed E-state index contributed by atoms with van der Waals surface area (Å²) in [4.78, 5) is 29.1. The van der Waals surface area contributed by atoms with E-state index in [9.17, 15) is 9.59 Å². The Morgan fingerprint density at radius 3 is 2.91 bits per heavy atom. The van der Waals surface area contributed by atoms with E-state index in [2.05, 4.69) is 10.3 Å². The van der Waals surface area contributed by atoms with Gasteiger partial charge in [0.05, 0.1) is 6.42 Å². The lowest BCUT2D eigenvalue weighted by atomic mass is 10.1. The Labute approximate surface area is 136 Å². The van der Waals surface area contributed by atoms with Gasteiger partial charge in [-0.15, -0.1) is 0 Å². The van der Waals surface area contributed by atoms with Gasteiger partial charge in [0.1, 0.15) is 0 Å². The van der Waals surface area contributed by atoms with Crippen molar-refractivity contribution in [1.82, 2.24) is 15.2 Å². The zero-order chi connectivity index (χ0) is 16.4. The molecule has 1 aromatic heterocycles. The number of carbonyl (C=O) groups excluding carboxylic acids is 2. The summed E-state index contributed by atoms with van der Waals surface area (Å²) in [5.41, 5.74) is 2.05. The van der Waals surface area contributed by atoms with Gasteiger partial charge in [-0.3, -0.25) is 9.59 Å². The van der Waals surface area contributed by atoms with E-state index < -0.39 is 0 Å². The van der Waals surface area contributed by atoms with Crippen molar-refractivity contribution in [3.8, 4) is 0 Å². The van der Waals surface area contributed by atoms with Gasteiger partial charge in [-0.2, -0.15) is 0 Å². The fourth-order valence-corrected chi connectivity index (χ4v) is 3.22. The van der Waals surface area contributed by atoms with Gasteiger partial charge in [0.2, 0.25) is 11.8 Å². The molecule has 0 radical (unpaired) electrons. The normalized spacial score (nSPS) is 18.1. The van der Waals surface area contributed by atoms with E-state index >= 15 is 0 Å². The second-order valence-corrected chi connectivity index (χ2v) is 6.55. The van der Waals surface area contributed by atoms with E-state index in [-0.39, 0.29) is 23.8 Å².